The highest BCUT2D eigenvalue weighted by molar-refractivity contribution is 7.89. The van der Waals surface area contributed by atoms with Gasteiger partial charge in [-0.05, 0) is 43.7 Å². The number of alkyl halides is 3. The third-order valence-electron chi connectivity index (χ3n) is 4.26. The number of rotatable bonds is 5. The normalized spacial score (nSPS) is 21.3. The number of halogens is 4. The van der Waals surface area contributed by atoms with Gasteiger partial charge in [0.15, 0.2) is 0 Å². The summed E-state index contributed by atoms with van der Waals surface area (Å²) in [5, 5.41) is 0. The zero-order chi connectivity index (χ0) is 19.5. The van der Waals surface area contributed by atoms with Crippen LogP contribution >= 0.6 is 0 Å². The summed E-state index contributed by atoms with van der Waals surface area (Å²) in [6.07, 6.45) is -2.54. The monoisotopic (exact) mass is 397 g/mol. The fourth-order valence-electron chi connectivity index (χ4n) is 2.86. The molecule has 0 spiro atoms. The van der Waals surface area contributed by atoms with Crippen LogP contribution in [0.4, 0.5) is 17.6 Å². The summed E-state index contributed by atoms with van der Waals surface area (Å²) < 4.78 is 80.9. The molecule has 1 aromatic carbocycles. The molecule has 0 saturated heterocycles. The van der Waals surface area contributed by atoms with Crippen LogP contribution in [0.3, 0.4) is 0 Å². The molecular weight excluding hydrogens is 378 g/mol. The van der Waals surface area contributed by atoms with Crippen molar-refractivity contribution >= 4 is 15.9 Å². The van der Waals surface area contributed by atoms with E-state index >= 15 is 0 Å². The Hall–Kier alpha value is -1.84. The molecule has 1 N–H and O–H groups in total. The van der Waals surface area contributed by atoms with Crippen molar-refractivity contribution in [2.75, 3.05) is 12.9 Å². The van der Waals surface area contributed by atoms with Gasteiger partial charge in [0, 0.05) is 6.07 Å². The second-order valence-electron chi connectivity index (χ2n) is 6.42. The molecule has 0 bridgehead atoms. The molecular formula is C16H19F4NO4S. The molecule has 0 aromatic heterocycles. The Morgan fingerprint density at radius 1 is 1.23 bits per heavy atom. The van der Waals surface area contributed by atoms with Crippen molar-refractivity contribution in [3.8, 4) is 5.75 Å². The maximum Gasteiger partial charge on any atom is 0.391 e. The van der Waals surface area contributed by atoms with Crippen molar-refractivity contribution in [3.05, 3.63) is 29.6 Å². The quantitative estimate of drug-likeness (QED) is 0.774. The first-order valence-corrected chi connectivity index (χ1v) is 9.86. The number of sulfonamides is 1. The van der Waals surface area contributed by atoms with Crippen LogP contribution in [0.2, 0.25) is 0 Å². The maximum absolute atomic E-state index is 14.0. The molecule has 1 aromatic rings. The van der Waals surface area contributed by atoms with Gasteiger partial charge in [-0.1, -0.05) is 0 Å². The van der Waals surface area contributed by atoms with Crippen LogP contribution in [0.15, 0.2) is 18.2 Å². The average molecular weight is 397 g/mol. The molecule has 5 nitrogen and oxygen atoms in total. The lowest BCUT2D eigenvalue weighted by Crippen LogP contribution is -2.30. The number of carbonyl (C=O) groups excluding carboxylic acids is 1. The number of benzene rings is 1. The third-order valence-corrected chi connectivity index (χ3v) is 4.81. The highest BCUT2D eigenvalue weighted by atomic mass is 32.2. The van der Waals surface area contributed by atoms with E-state index in [2.05, 4.69) is 0 Å². The fourth-order valence-corrected chi connectivity index (χ4v) is 3.31. The van der Waals surface area contributed by atoms with Crippen molar-refractivity contribution in [1.82, 2.24) is 4.72 Å². The minimum absolute atomic E-state index is 0.0510. The van der Waals surface area contributed by atoms with Crippen LogP contribution in [0.25, 0.3) is 0 Å². The predicted molar refractivity (Wildman–Crippen MR) is 85.7 cm³/mol. The van der Waals surface area contributed by atoms with Gasteiger partial charge in [0.2, 0.25) is 10.0 Å². The third kappa shape index (κ3) is 5.86. The number of amides is 1. The molecule has 146 valence electrons. The number of hydrogen-bond donors (Lipinski definition) is 1. The van der Waals surface area contributed by atoms with Crippen LogP contribution in [0, 0.1) is 17.7 Å². The summed E-state index contributed by atoms with van der Waals surface area (Å²) >= 11 is 0. The molecule has 1 fully saturated rings. The molecule has 10 heteroatoms. The van der Waals surface area contributed by atoms with Crippen LogP contribution < -0.4 is 9.46 Å². The summed E-state index contributed by atoms with van der Waals surface area (Å²) in [4.78, 5) is 11.6. The molecule has 1 amide bonds. The minimum atomic E-state index is -4.17. The molecule has 0 radical (unpaired) electrons. The SMILES string of the molecule is CS(=O)(=O)NC(=O)c1ccc(OC[C@H]2CC[C@H](C(F)(F)F)CC2)cc1F. The van der Waals surface area contributed by atoms with E-state index in [1.54, 1.807) is 4.72 Å². The van der Waals surface area contributed by atoms with Gasteiger partial charge in [-0.15, -0.1) is 0 Å². The van der Waals surface area contributed by atoms with Gasteiger partial charge in [-0.2, -0.15) is 13.2 Å². The van der Waals surface area contributed by atoms with E-state index in [1.165, 1.54) is 6.07 Å². The summed E-state index contributed by atoms with van der Waals surface area (Å²) in [6.45, 7) is 0.152. The van der Waals surface area contributed by atoms with Crippen molar-refractivity contribution in [1.29, 1.82) is 0 Å². The predicted octanol–water partition coefficient (Wildman–Crippen LogP) is 3.26. The van der Waals surface area contributed by atoms with E-state index in [0.717, 1.165) is 18.4 Å². The van der Waals surface area contributed by atoms with Crippen LogP contribution in [0.5, 0.6) is 5.75 Å². The lowest BCUT2D eigenvalue weighted by molar-refractivity contribution is -0.184. The number of nitrogens with one attached hydrogen (secondary N) is 1. The summed E-state index contributed by atoms with van der Waals surface area (Å²) in [6, 6.07) is 3.34. The molecule has 26 heavy (non-hydrogen) atoms. The molecule has 1 saturated carbocycles. The Morgan fingerprint density at radius 3 is 2.35 bits per heavy atom. The Labute approximate surface area is 148 Å². The van der Waals surface area contributed by atoms with Crippen molar-refractivity contribution in [3.63, 3.8) is 0 Å². The maximum atomic E-state index is 14.0. The minimum Gasteiger partial charge on any atom is -0.493 e. The Balaban J connectivity index is 1.90. The topological polar surface area (TPSA) is 72.5 Å². The van der Waals surface area contributed by atoms with Gasteiger partial charge in [0.05, 0.1) is 24.3 Å². The van der Waals surface area contributed by atoms with Crippen LogP contribution in [-0.2, 0) is 10.0 Å². The van der Waals surface area contributed by atoms with E-state index in [9.17, 15) is 30.8 Å². The van der Waals surface area contributed by atoms with Gasteiger partial charge in [-0.25, -0.2) is 17.5 Å². The molecule has 2 rings (SSSR count). The van der Waals surface area contributed by atoms with Crippen molar-refractivity contribution in [2.45, 2.75) is 31.9 Å². The van der Waals surface area contributed by atoms with E-state index < -0.39 is 39.4 Å². The second kappa shape index (κ2) is 7.81. The fraction of sp³-hybridized carbons (Fsp3) is 0.562. The summed E-state index contributed by atoms with van der Waals surface area (Å²) in [5.74, 6) is -3.25. The number of hydrogen-bond acceptors (Lipinski definition) is 4. The average Bonchev–Trinajstić information content (AvgIpc) is 2.50. The standard InChI is InChI=1S/C16H19F4NO4S/c1-26(23,24)21-15(22)13-7-6-12(8-14(13)17)25-9-10-2-4-11(5-3-10)16(18,19)20/h6-8,10-11H,2-5,9H2,1H3,(H,21,22)/t10-,11-. The lowest BCUT2D eigenvalue weighted by Gasteiger charge is -2.29. The highest BCUT2D eigenvalue weighted by Crippen LogP contribution is 2.39. The molecule has 1 aliphatic carbocycles. The summed E-state index contributed by atoms with van der Waals surface area (Å²) in [5.41, 5.74) is -0.450. The molecule has 0 aliphatic heterocycles. The number of carbonyl (C=O) groups is 1. The second-order valence-corrected chi connectivity index (χ2v) is 8.16. The van der Waals surface area contributed by atoms with Gasteiger partial charge < -0.3 is 4.74 Å². The van der Waals surface area contributed by atoms with Crippen molar-refractivity contribution in [2.24, 2.45) is 11.8 Å². The van der Waals surface area contributed by atoms with E-state index in [4.69, 9.17) is 4.74 Å². The van der Waals surface area contributed by atoms with Gasteiger partial charge in [0.25, 0.3) is 5.91 Å². The Bertz CT molecular complexity index is 756. The first-order chi connectivity index (χ1) is 12.0. The molecule has 0 heterocycles. The largest absolute Gasteiger partial charge is 0.493 e. The lowest BCUT2D eigenvalue weighted by atomic mass is 9.82. The Morgan fingerprint density at radius 2 is 1.85 bits per heavy atom. The van der Waals surface area contributed by atoms with Gasteiger partial charge in [0.1, 0.15) is 11.6 Å². The molecule has 0 unspecified atom stereocenters. The van der Waals surface area contributed by atoms with E-state index in [0.29, 0.717) is 12.8 Å². The molecule has 0 atom stereocenters. The first kappa shape index (κ1) is 20.5. The van der Waals surface area contributed by atoms with Gasteiger partial charge in [-0.3, -0.25) is 4.79 Å². The van der Waals surface area contributed by atoms with Crippen molar-refractivity contribution < 1.29 is 35.5 Å². The Kier molecular flexibility index (Phi) is 6.15. The smallest absolute Gasteiger partial charge is 0.391 e. The van der Waals surface area contributed by atoms with E-state index in [-0.39, 0.29) is 31.1 Å². The number of ether oxygens (including phenoxy) is 1. The first-order valence-electron chi connectivity index (χ1n) is 7.97. The van der Waals surface area contributed by atoms with Crippen LogP contribution in [-0.4, -0.2) is 33.4 Å². The zero-order valence-electron chi connectivity index (χ0n) is 14.0. The highest BCUT2D eigenvalue weighted by Gasteiger charge is 2.41. The zero-order valence-corrected chi connectivity index (χ0v) is 14.8. The van der Waals surface area contributed by atoms with Crippen LogP contribution in [0.1, 0.15) is 36.0 Å². The molecule has 1 aliphatic rings. The van der Waals surface area contributed by atoms with Gasteiger partial charge >= 0.3 is 6.18 Å². The van der Waals surface area contributed by atoms with E-state index in [1.807, 2.05) is 0 Å². The summed E-state index contributed by atoms with van der Waals surface area (Å²) in [7, 11) is -3.82.